The van der Waals surface area contributed by atoms with Gasteiger partial charge in [0.2, 0.25) is 5.91 Å². The van der Waals surface area contributed by atoms with Crippen LogP contribution in [-0.2, 0) is 9.53 Å². The monoisotopic (exact) mass is 323 g/mol. The maximum absolute atomic E-state index is 12.4. The van der Waals surface area contributed by atoms with Crippen molar-refractivity contribution in [2.24, 2.45) is 5.92 Å². The van der Waals surface area contributed by atoms with Crippen LogP contribution in [0.3, 0.4) is 0 Å². The first kappa shape index (κ1) is 17.5. The number of hydrogen-bond donors (Lipinski definition) is 0. The molecule has 2 aliphatic heterocycles. The summed E-state index contributed by atoms with van der Waals surface area (Å²) in [6.07, 6.45) is -3.34. The third kappa shape index (κ3) is 5.10. The SMILES string of the molecule is COCCN1CC[C@H](C(=O)N2CCN(CC(F)(F)F)CC2)C1. The number of likely N-dealkylation sites (tertiary alicyclic amines) is 1. The fourth-order valence-electron chi connectivity index (χ4n) is 3.10. The van der Waals surface area contributed by atoms with Crippen LogP contribution in [0.5, 0.6) is 0 Å². The van der Waals surface area contributed by atoms with Crippen molar-refractivity contribution < 1.29 is 22.7 Å². The molecule has 0 unspecified atom stereocenters. The molecule has 2 fully saturated rings. The van der Waals surface area contributed by atoms with Gasteiger partial charge in [0.25, 0.3) is 0 Å². The smallest absolute Gasteiger partial charge is 0.383 e. The normalized spacial score (nSPS) is 24.9. The van der Waals surface area contributed by atoms with Crippen molar-refractivity contribution in [1.82, 2.24) is 14.7 Å². The lowest BCUT2D eigenvalue weighted by atomic mass is 10.1. The first-order valence-corrected chi connectivity index (χ1v) is 7.68. The number of amides is 1. The van der Waals surface area contributed by atoms with Gasteiger partial charge in [-0.3, -0.25) is 9.69 Å². The molecule has 0 radical (unpaired) electrons. The van der Waals surface area contributed by atoms with Crippen molar-refractivity contribution >= 4 is 5.91 Å². The molecule has 128 valence electrons. The summed E-state index contributed by atoms with van der Waals surface area (Å²) in [6.45, 7) is 3.57. The molecule has 2 aliphatic rings. The van der Waals surface area contributed by atoms with Crippen LogP contribution >= 0.6 is 0 Å². The van der Waals surface area contributed by atoms with Crippen LogP contribution in [0.2, 0.25) is 0 Å². The van der Waals surface area contributed by atoms with E-state index in [1.807, 2.05) is 0 Å². The first-order chi connectivity index (χ1) is 10.4. The average molecular weight is 323 g/mol. The van der Waals surface area contributed by atoms with Gasteiger partial charge in [-0.15, -0.1) is 0 Å². The van der Waals surface area contributed by atoms with E-state index in [2.05, 4.69) is 4.90 Å². The van der Waals surface area contributed by atoms with Crippen LogP contribution < -0.4 is 0 Å². The van der Waals surface area contributed by atoms with Gasteiger partial charge >= 0.3 is 6.18 Å². The van der Waals surface area contributed by atoms with Crippen LogP contribution in [-0.4, -0.2) is 92.9 Å². The Morgan fingerprint density at radius 3 is 2.41 bits per heavy atom. The number of carbonyl (C=O) groups excluding carboxylic acids is 1. The molecule has 1 amide bonds. The molecule has 0 aromatic carbocycles. The van der Waals surface area contributed by atoms with Crippen molar-refractivity contribution in [3.05, 3.63) is 0 Å². The minimum absolute atomic E-state index is 0.0222. The molecule has 0 aromatic rings. The maximum Gasteiger partial charge on any atom is 0.401 e. The van der Waals surface area contributed by atoms with E-state index in [0.717, 1.165) is 26.1 Å². The molecule has 0 aromatic heterocycles. The summed E-state index contributed by atoms with van der Waals surface area (Å²) in [5.74, 6) is 0.0672. The first-order valence-electron chi connectivity index (χ1n) is 7.68. The zero-order chi connectivity index (χ0) is 16.2. The van der Waals surface area contributed by atoms with Gasteiger partial charge in [0.15, 0.2) is 0 Å². The van der Waals surface area contributed by atoms with Gasteiger partial charge in [0, 0.05) is 46.4 Å². The number of methoxy groups -OCH3 is 1. The molecule has 1 atom stereocenters. The molecule has 8 heteroatoms. The van der Waals surface area contributed by atoms with Crippen LogP contribution in [0.1, 0.15) is 6.42 Å². The number of hydrogen-bond acceptors (Lipinski definition) is 4. The minimum atomic E-state index is -4.17. The second kappa shape index (κ2) is 7.61. The zero-order valence-corrected chi connectivity index (χ0v) is 12.9. The van der Waals surface area contributed by atoms with Crippen LogP contribution in [0.25, 0.3) is 0 Å². The average Bonchev–Trinajstić information content (AvgIpc) is 2.92. The number of nitrogens with zero attached hydrogens (tertiary/aromatic N) is 3. The van der Waals surface area contributed by atoms with Gasteiger partial charge < -0.3 is 14.5 Å². The van der Waals surface area contributed by atoms with E-state index in [1.54, 1.807) is 12.0 Å². The molecular formula is C14H24F3N3O2. The van der Waals surface area contributed by atoms with E-state index in [0.29, 0.717) is 32.8 Å². The standard InChI is InChI=1S/C14H24F3N3O2/c1-22-9-8-18-3-2-12(10-18)13(21)20-6-4-19(5-7-20)11-14(15,16)17/h12H,2-11H2,1H3/t12-/m0/s1. The lowest BCUT2D eigenvalue weighted by Crippen LogP contribution is -2.52. The molecule has 2 saturated heterocycles. The highest BCUT2D eigenvalue weighted by atomic mass is 19.4. The molecule has 0 aliphatic carbocycles. The molecule has 22 heavy (non-hydrogen) atoms. The second-order valence-electron chi connectivity index (χ2n) is 6.00. The Morgan fingerprint density at radius 1 is 1.14 bits per heavy atom. The van der Waals surface area contributed by atoms with Gasteiger partial charge in [-0.1, -0.05) is 0 Å². The van der Waals surface area contributed by atoms with E-state index in [9.17, 15) is 18.0 Å². The fraction of sp³-hybridized carbons (Fsp3) is 0.929. The van der Waals surface area contributed by atoms with Crippen molar-refractivity contribution in [2.45, 2.75) is 12.6 Å². The van der Waals surface area contributed by atoms with E-state index >= 15 is 0 Å². The summed E-state index contributed by atoms with van der Waals surface area (Å²) >= 11 is 0. The molecule has 5 nitrogen and oxygen atoms in total. The van der Waals surface area contributed by atoms with Crippen molar-refractivity contribution in [2.75, 3.05) is 66.1 Å². The van der Waals surface area contributed by atoms with Crippen LogP contribution in [0.4, 0.5) is 13.2 Å². The number of rotatable bonds is 5. The number of carbonyl (C=O) groups is 1. The molecule has 0 spiro atoms. The molecule has 0 saturated carbocycles. The second-order valence-corrected chi connectivity index (χ2v) is 6.00. The predicted molar refractivity (Wildman–Crippen MR) is 75.5 cm³/mol. The molecule has 0 N–H and O–H groups in total. The van der Waals surface area contributed by atoms with E-state index in [-0.39, 0.29) is 11.8 Å². The quantitative estimate of drug-likeness (QED) is 0.745. The number of piperazine rings is 1. The number of ether oxygens (including phenoxy) is 1. The molecule has 2 heterocycles. The van der Waals surface area contributed by atoms with E-state index in [4.69, 9.17) is 4.74 Å². The van der Waals surface area contributed by atoms with Gasteiger partial charge in [-0.25, -0.2) is 0 Å². The number of alkyl halides is 3. The molecular weight excluding hydrogens is 299 g/mol. The summed E-state index contributed by atoms with van der Waals surface area (Å²) in [5.41, 5.74) is 0. The third-order valence-electron chi connectivity index (χ3n) is 4.32. The predicted octanol–water partition coefficient (Wildman–Crippen LogP) is 0.661. The lowest BCUT2D eigenvalue weighted by molar-refractivity contribution is -0.152. The summed E-state index contributed by atoms with van der Waals surface area (Å²) in [4.78, 5) is 17.7. The third-order valence-corrected chi connectivity index (χ3v) is 4.32. The Kier molecular flexibility index (Phi) is 6.05. The topological polar surface area (TPSA) is 36.0 Å². The van der Waals surface area contributed by atoms with Gasteiger partial charge in [0.1, 0.15) is 0 Å². The van der Waals surface area contributed by atoms with Crippen molar-refractivity contribution in [3.63, 3.8) is 0 Å². The summed E-state index contributed by atoms with van der Waals surface area (Å²) < 4.78 is 42.1. The summed E-state index contributed by atoms with van der Waals surface area (Å²) in [5, 5.41) is 0. The lowest BCUT2D eigenvalue weighted by Gasteiger charge is -2.36. The highest BCUT2D eigenvalue weighted by molar-refractivity contribution is 5.79. The summed E-state index contributed by atoms with van der Waals surface area (Å²) in [6, 6.07) is 0. The van der Waals surface area contributed by atoms with Gasteiger partial charge in [-0.2, -0.15) is 13.2 Å². The zero-order valence-electron chi connectivity index (χ0n) is 12.9. The van der Waals surface area contributed by atoms with Gasteiger partial charge in [0.05, 0.1) is 19.1 Å². The van der Waals surface area contributed by atoms with Crippen LogP contribution in [0.15, 0.2) is 0 Å². The Hall–Kier alpha value is -0.860. The largest absolute Gasteiger partial charge is 0.401 e. The maximum atomic E-state index is 12.4. The van der Waals surface area contributed by atoms with Gasteiger partial charge in [-0.05, 0) is 13.0 Å². The Bertz CT molecular complexity index is 371. The Morgan fingerprint density at radius 2 is 1.82 bits per heavy atom. The highest BCUT2D eigenvalue weighted by Crippen LogP contribution is 2.21. The Labute approximate surface area is 129 Å². The highest BCUT2D eigenvalue weighted by Gasteiger charge is 2.35. The van der Waals surface area contributed by atoms with E-state index in [1.165, 1.54) is 4.90 Å². The van der Waals surface area contributed by atoms with Crippen molar-refractivity contribution in [1.29, 1.82) is 0 Å². The summed E-state index contributed by atoms with van der Waals surface area (Å²) in [7, 11) is 1.65. The Balaban J connectivity index is 1.74. The fourth-order valence-corrected chi connectivity index (χ4v) is 3.10. The molecule has 2 rings (SSSR count). The molecule has 0 bridgehead atoms. The van der Waals surface area contributed by atoms with E-state index < -0.39 is 12.7 Å². The minimum Gasteiger partial charge on any atom is -0.383 e. The van der Waals surface area contributed by atoms with Crippen molar-refractivity contribution in [3.8, 4) is 0 Å². The van der Waals surface area contributed by atoms with Crippen LogP contribution in [0, 0.1) is 5.92 Å². The number of halogens is 3.